The number of rotatable bonds is 4. The van der Waals surface area contributed by atoms with Crippen molar-refractivity contribution in [1.82, 2.24) is 4.90 Å². The maximum atomic E-state index is 12.7. The fraction of sp³-hybridized carbons (Fsp3) is 0.500. The molecule has 0 saturated heterocycles. The van der Waals surface area contributed by atoms with Gasteiger partial charge in [0, 0.05) is 18.5 Å². The smallest absolute Gasteiger partial charge is 0.340 e. The molecule has 0 radical (unpaired) electrons. The second-order valence-electron chi connectivity index (χ2n) is 3.63. The molecule has 0 bridgehead atoms. The van der Waals surface area contributed by atoms with Crippen molar-refractivity contribution >= 4 is 17.2 Å². The number of carbonyl (C=O) groups is 1. The molecule has 102 valence electrons. The Morgan fingerprint density at radius 3 is 2.39 bits per heavy atom. The van der Waals surface area contributed by atoms with Gasteiger partial charge in [0.25, 0.3) is 0 Å². The lowest BCUT2D eigenvalue weighted by molar-refractivity contribution is -0.273. The van der Waals surface area contributed by atoms with Crippen LogP contribution in [0.3, 0.4) is 0 Å². The largest absolute Gasteiger partial charge is 0.463 e. The van der Waals surface area contributed by atoms with Crippen LogP contribution >= 0.6 is 11.3 Å². The topological polar surface area (TPSA) is 20.3 Å². The predicted molar refractivity (Wildman–Crippen MR) is 56.7 cm³/mol. The van der Waals surface area contributed by atoms with Crippen LogP contribution in [-0.2, 0) is 11.2 Å². The Balaban J connectivity index is 2.61. The van der Waals surface area contributed by atoms with E-state index >= 15 is 0 Å². The molecule has 1 aromatic heterocycles. The lowest BCUT2D eigenvalue weighted by Gasteiger charge is -2.24. The number of likely N-dealkylation sites (N-methyl/N-ethyl adjacent to an activating group) is 1. The first-order chi connectivity index (χ1) is 8.16. The Morgan fingerprint density at radius 1 is 1.33 bits per heavy atom. The predicted octanol–water partition coefficient (Wildman–Crippen LogP) is 2.95. The number of alkyl halides is 5. The first kappa shape index (κ1) is 14.9. The third-order valence-electron chi connectivity index (χ3n) is 2.25. The number of nitrogens with zero attached hydrogens (tertiary/aromatic N) is 1. The van der Waals surface area contributed by atoms with Gasteiger partial charge in [-0.25, -0.2) is 0 Å². The molecule has 0 aliphatic carbocycles. The standard InChI is InChI=1S/C10H10F5NOS/c1-16(5-4-7-3-2-6-18-7)8(17)9(11,12)10(13,14)15/h2-3,6H,4-5H2,1H3. The number of hydrogen-bond acceptors (Lipinski definition) is 2. The summed E-state index contributed by atoms with van der Waals surface area (Å²) in [5, 5.41) is 1.75. The molecule has 0 fully saturated rings. The minimum atomic E-state index is -5.86. The lowest BCUT2D eigenvalue weighted by Crippen LogP contribution is -2.51. The van der Waals surface area contributed by atoms with Gasteiger partial charge in [-0.15, -0.1) is 11.3 Å². The molecule has 0 saturated carbocycles. The third kappa shape index (κ3) is 3.18. The van der Waals surface area contributed by atoms with E-state index in [2.05, 4.69) is 0 Å². The molecule has 2 nitrogen and oxygen atoms in total. The summed E-state index contributed by atoms with van der Waals surface area (Å²) in [4.78, 5) is 12.2. The van der Waals surface area contributed by atoms with E-state index in [1.165, 1.54) is 11.3 Å². The molecule has 0 unspecified atom stereocenters. The van der Waals surface area contributed by atoms with Crippen molar-refractivity contribution in [2.45, 2.75) is 18.5 Å². The number of thiophene rings is 1. The molecule has 18 heavy (non-hydrogen) atoms. The van der Waals surface area contributed by atoms with Crippen LogP contribution < -0.4 is 0 Å². The van der Waals surface area contributed by atoms with Gasteiger partial charge in [-0.1, -0.05) is 6.07 Å². The molecule has 1 aromatic rings. The van der Waals surface area contributed by atoms with E-state index in [0.29, 0.717) is 4.90 Å². The molecule has 0 N–H and O–H groups in total. The molecule has 0 aromatic carbocycles. The summed E-state index contributed by atoms with van der Waals surface area (Å²) in [6.07, 6.45) is -5.62. The molecule has 0 atom stereocenters. The number of hydrogen-bond donors (Lipinski definition) is 0. The maximum absolute atomic E-state index is 12.7. The van der Waals surface area contributed by atoms with Gasteiger partial charge in [0.15, 0.2) is 0 Å². The Labute approximate surface area is 104 Å². The average Bonchev–Trinajstić information content (AvgIpc) is 2.75. The van der Waals surface area contributed by atoms with Crippen LogP contribution in [0.25, 0.3) is 0 Å². The summed E-state index contributed by atoms with van der Waals surface area (Å²) in [5.74, 6) is -7.57. The second-order valence-corrected chi connectivity index (χ2v) is 4.66. The molecule has 0 aliphatic rings. The summed E-state index contributed by atoms with van der Waals surface area (Å²) in [7, 11) is 0.926. The van der Waals surface area contributed by atoms with E-state index in [4.69, 9.17) is 0 Å². The first-order valence-corrected chi connectivity index (χ1v) is 5.76. The van der Waals surface area contributed by atoms with Gasteiger partial charge in [0.2, 0.25) is 0 Å². The van der Waals surface area contributed by atoms with Crippen LogP contribution in [0.4, 0.5) is 22.0 Å². The molecule has 0 spiro atoms. The number of amides is 1. The zero-order valence-electron chi connectivity index (χ0n) is 9.30. The zero-order chi connectivity index (χ0) is 14.0. The van der Waals surface area contributed by atoms with Gasteiger partial charge in [0.1, 0.15) is 0 Å². The lowest BCUT2D eigenvalue weighted by atomic mass is 10.2. The van der Waals surface area contributed by atoms with Crippen LogP contribution in [0.15, 0.2) is 17.5 Å². The highest BCUT2D eigenvalue weighted by Crippen LogP contribution is 2.36. The number of halogens is 5. The quantitative estimate of drug-likeness (QED) is 0.780. The highest BCUT2D eigenvalue weighted by molar-refractivity contribution is 7.09. The maximum Gasteiger partial charge on any atom is 0.463 e. The van der Waals surface area contributed by atoms with Crippen molar-refractivity contribution < 1.29 is 26.7 Å². The molecule has 1 heterocycles. The zero-order valence-corrected chi connectivity index (χ0v) is 10.1. The fourth-order valence-corrected chi connectivity index (χ4v) is 1.89. The van der Waals surface area contributed by atoms with Crippen LogP contribution in [0.1, 0.15) is 4.88 Å². The van der Waals surface area contributed by atoms with Crippen molar-refractivity contribution in [3.8, 4) is 0 Å². The molecule has 1 rings (SSSR count). The van der Waals surface area contributed by atoms with Crippen LogP contribution in [-0.4, -0.2) is 36.5 Å². The number of carbonyl (C=O) groups excluding carboxylic acids is 1. The molecular weight excluding hydrogens is 277 g/mol. The Kier molecular flexibility index (Phi) is 4.31. The van der Waals surface area contributed by atoms with Crippen LogP contribution in [0.5, 0.6) is 0 Å². The highest BCUT2D eigenvalue weighted by Gasteiger charge is 2.64. The Hall–Kier alpha value is -1.18. The average molecular weight is 287 g/mol. The van der Waals surface area contributed by atoms with Gasteiger partial charge >= 0.3 is 18.0 Å². The Morgan fingerprint density at radius 2 is 1.94 bits per heavy atom. The van der Waals surface area contributed by atoms with E-state index in [0.717, 1.165) is 11.9 Å². The molecular formula is C10H10F5NOS. The normalized spacial score (nSPS) is 12.6. The van der Waals surface area contributed by atoms with E-state index in [9.17, 15) is 26.7 Å². The highest BCUT2D eigenvalue weighted by atomic mass is 32.1. The van der Waals surface area contributed by atoms with Crippen molar-refractivity contribution in [2.24, 2.45) is 0 Å². The molecule has 8 heteroatoms. The van der Waals surface area contributed by atoms with Crippen molar-refractivity contribution in [3.63, 3.8) is 0 Å². The van der Waals surface area contributed by atoms with E-state index in [-0.39, 0.29) is 13.0 Å². The summed E-state index contributed by atoms with van der Waals surface area (Å²) in [6, 6.07) is 3.44. The van der Waals surface area contributed by atoms with Gasteiger partial charge in [-0.3, -0.25) is 4.79 Å². The summed E-state index contributed by atoms with van der Waals surface area (Å²) >= 11 is 1.34. The van der Waals surface area contributed by atoms with E-state index in [1.807, 2.05) is 0 Å². The molecule has 0 aliphatic heterocycles. The summed E-state index contributed by atoms with van der Waals surface area (Å²) < 4.78 is 61.3. The van der Waals surface area contributed by atoms with Crippen molar-refractivity contribution in [1.29, 1.82) is 0 Å². The third-order valence-corrected chi connectivity index (χ3v) is 3.18. The van der Waals surface area contributed by atoms with E-state index < -0.39 is 18.0 Å². The summed E-state index contributed by atoms with van der Waals surface area (Å²) in [6.45, 7) is -0.189. The van der Waals surface area contributed by atoms with Gasteiger partial charge in [-0.2, -0.15) is 22.0 Å². The second kappa shape index (κ2) is 5.21. The van der Waals surface area contributed by atoms with Gasteiger partial charge in [-0.05, 0) is 17.9 Å². The van der Waals surface area contributed by atoms with E-state index in [1.54, 1.807) is 17.5 Å². The Bertz CT molecular complexity index is 401. The monoisotopic (exact) mass is 287 g/mol. The van der Waals surface area contributed by atoms with Crippen LogP contribution in [0, 0.1) is 0 Å². The van der Waals surface area contributed by atoms with Crippen molar-refractivity contribution in [2.75, 3.05) is 13.6 Å². The van der Waals surface area contributed by atoms with Gasteiger partial charge in [0.05, 0.1) is 0 Å². The van der Waals surface area contributed by atoms with Crippen LogP contribution in [0.2, 0.25) is 0 Å². The summed E-state index contributed by atoms with van der Waals surface area (Å²) in [5.41, 5.74) is 0. The first-order valence-electron chi connectivity index (χ1n) is 4.88. The van der Waals surface area contributed by atoms with Crippen molar-refractivity contribution in [3.05, 3.63) is 22.4 Å². The fourth-order valence-electron chi connectivity index (χ4n) is 1.20. The van der Waals surface area contributed by atoms with Gasteiger partial charge < -0.3 is 4.90 Å². The molecule has 1 amide bonds. The SMILES string of the molecule is CN(CCc1cccs1)C(=O)C(F)(F)C(F)(F)F. The minimum Gasteiger partial charge on any atom is -0.340 e. The minimum absolute atomic E-state index is 0.189.